The summed E-state index contributed by atoms with van der Waals surface area (Å²) in [5.74, 6) is 0.145. The minimum absolute atomic E-state index is 0.113. The zero-order valence-corrected chi connectivity index (χ0v) is 16.6. The van der Waals surface area contributed by atoms with E-state index in [2.05, 4.69) is 53.3 Å². The predicted octanol–water partition coefficient (Wildman–Crippen LogP) is 4.57. The fourth-order valence-electron chi connectivity index (χ4n) is 3.91. The zero-order chi connectivity index (χ0) is 20.1. The van der Waals surface area contributed by atoms with Gasteiger partial charge >= 0.3 is 0 Å². The van der Waals surface area contributed by atoms with Crippen molar-refractivity contribution in [2.24, 2.45) is 0 Å². The van der Waals surface area contributed by atoms with E-state index in [1.807, 2.05) is 72.6 Å². The molecule has 0 spiro atoms. The highest BCUT2D eigenvalue weighted by Gasteiger charge is 2.48. The van der Waals surface area contributed by atoms with Gasteiger partial charge in [-0.15, -0.1) is 0 Å². The summed E-state index contributed by atoms with van der Waals surface area (Å²) in [5, 5.41) is 0. The van der Waals surface area contributed by atoms with Crippen LogP contribution in [0.25, 0.3) is 6.08 Å². The first kappa shape index (κ1) is 18.9. The monoisotopic (exact) mass is 381 g/mol. The fourth-order valence-corrected chi connectivity index (χ4v) is 3.91. The number of hydrogen-bond donors (Lipinski definition) is 0. The molecule has 1 saturated heterocycles. The van der Waals surface area contributed by atoms with E-state index in [-0.39, 0.29) is 18.1 Å². The van der Waals surface area contributed by atoms with Crippen LogP contribution in [0.4, 0.5) is 0 Å². The highest BCUT2D eigenvalue weighted by molar-refractivity contribution is 5.84. The van der Waals surface area contributed by atoms with Gasteiger partial charge in [0.05, 0.1) is 0 Å². The third-order valence-electron chi connectivity index (χ3n) is 5.36. The average molecular weight is 381 g/mol. The Morgan fingerprint density at radius 1 is 0.862 bits per heavy atom. The average Bonchev–Trinajstić information content (AvgIpc) is 3.00. The van der Waals surface area contributed by atoms with Crippen molar-refractivity contribution >= 4 is 18.2 Å². The number of amides is 1. The molecule has 1 aliphatic heterocycles. The first-order valence-electron chi connectivity index (χ1n) is 9.93. The van der Waals surface area contributed by atoms with Crippen LogP contribution in [-0.4, -0.2) is 34.7 Å². The van der Waals surface area contributed by atoms with Crippen LogP contribution in [-0.2, 0) is 11.2 Å². The minimum Gasteiger partial charge on any atom is -0.278 e. The first-order chi connectivity index (χ1) is 14.2. The lowest BCUT2D eigenvalue weighted by Crippen LogP contribution is -2.30. The second-order valence-electron chi connectivity index (χ2n) is 7.31. The van der Waals surface area contributed by atoms with E-state index >= 15 is 0 Å². The predicted molar refractivity (Wildman–Crippen MR) is 118 cm³/mol. The number of allylic oxidation sites excluding steroid dienone is 1. The van der Waals surface area contributed by atoms with Crippen LogP contribution in [0.3, 0.4) is 0 Å². The van der Waals surface area contributed by atoms with Crippen molar-refractivity contribution in [3.63, 3.8) is 0 Å². The number of likely N-dealkylation sites (N-methyl/N-ethyl adjacent to an activating group) is 1. The van der Waals surface area contributed by atoms with E-state index in [0.29, 0.717) is 6.42 Å². The van der Waals surface area contributed by atoms with E-state index in [9.17, 15) is 4.79 Å². The van der Waals surface area contributed by atoms with Crippen LogP contribution in [0.1, 0.15) is 22.9 Å². The van der Waals surface area contributed by atoms with Gasteiger partial charge in [-0.3, -0.25) is 9.69 Å². The standard InChI is InChI=1S/C26H25N2O/c1-27-25(23-17-9-4-10-18-23)28(19-11-16-21-12-5-2-6-13-21)24(26(27)29)20-22-14-7-3-8-15-22/h2-19,24-25H,20H2,1H3/q+1/b16-11+,28-19+/t24-,25+/m0/s1. The summed E-state index contributed by atoms with van der Waals surface area (Å²) in [6.07, 6.45) is 6.74. The molecule has 4 rings (SSSR count). The number of hydrogen-bond acceptors (Lipinski definition) is 1. The quantitative estimate of drug-likeness (QED) is 0.594. The molecule has 0 N–H and O–H groups in total. The van der Waals surface area contributed by atoms with Gasteiger partial charge < -0.3 is 0 Å². The Morgan fingerprint density at radius 3 is 2.10 bits per heavy atom. The molecule has 0 radical (unpaired) electrons. The van der Waals surface area contributed by atoms with Crippen LogP contribution in [0.15, 0.2) is 97.1 Å². The van der Waals surface area contributed by atoms with Crippen LogP contribution >= 0.6 is 0 Å². The summed E-state index contributed by atoms with van der Waals surface area (Å²) < 4.78 is 2.18. The number of rotatable bonds is 5. The van der Waals surface area contributed by atoms with Gasteiger partial charge in [0.2, 0.25) is 6.04 Å². The molecule has 3 aromatic rings. The smallest absolute Gasteiger partial charge is 0.278 e. The maximum atomic E-state index is 13.2. The molecule has 0 bridgehead atoms. The van der Waals surface area contributed by atoms with Gasteiger partial charge in [-0.2, -0.15) is 4.58 Å². The largest absolute Gasteiger partial charge is 0.296 e. The SMILES string of the molecule is CN1C(=O)[C@H](Cc2ccccc2)/[N+](=C\C=C\c2ccccc2)[C@@H]1c1ccccc1. The van der Waals surface area contributed by atoms with E-state index in [1.165, 1.54) is 5.56 Å². The molecule has 3 heteroatoms. The summed E-state index contributed by atoms with van der Waals surface area (Å²) in [4.78, 5) is 15.0. The third kappa shape index (κ3) is 4.19. The molecule has 0 unspecified atom stereocenters. The Kier molecular flexibility index (Phi) is 5.66. The molecule has 0 aliphatic carbocycles. The van der Waals surface area contributed by atoms with Gasteiger partial charge in [0.1, 0.15) is 0 Å². The molecule has 144 valence electrons. The van der Waals surface area contributed by atoms with E-state index in [4.69, 9.17) is 0 Å². The summed E-state index contributed by atoms with van der Waals surface area (Å²) >= 11 is 0. The zero-order valence-electron chi connectivity index (χ0n) is 16.6. The van der Waals surface area contributed by atoms with E-state index < -0.39 is 0 Å². The van der Waals surface area contributed by atoms with E-state index in [1.54, 1.807) is 0 Å². The third-order valence-corrected chi connectivity index (χ3v) is 5.36. The van der Waals surface area contributed by atoms with Gasteiger partial charge in [-0.25, -0.2) is 0 Å². The van der Waals surface area contributed by atoms with Crippen molar-refractivity contribution in [3.05, 3.63) is 114 Å². The molecular formula is C26H25N2O+. The summed E-state index contributed by atoms with van der Waals surface area (Å²) in [7, 11) is 1.90. The lowest BCUT2D eigenvalue weighted by molar-refractivity contribution is -0.587. The Balaban J connectivity index is 1.71. The summed E-state index contributed by atoms with van der Waals surface area (Å²) in [6, 6.07) is 30.4. The second-order valence-corrected chi connectivity index (χ2v) is 7.31. The van der Waals surface area contributed by atoms with Crippen molar-refractivity contribution in [1.29, 1.82) is 0 Å². The van der Waals surface area contributed by atoms with Crippen LogP contribution in [0, 0.1) is 0 Å². The van der Waals surface area contributed by atoms with Crippen molar-refractivity contribution < 1.29 is 9.37 Å². The molecular weight excluding hydrogens is 356 g/mol. The molecule has 1 amide bonds. The van der Waals surface area contributed by atoms with Crippen LogP contribution in [0.2, 0.25) is 0 Å². The first-order valence-corrected chi connectivity index (χ1v) is 9.93. The minimum atomic E-state index is -0.229. The Morgan fingerprint density at radius 2 is 1.45 bits per heavy atom. The molecule has 3 aromatic carbocycles. The molecule has 29 heavy (non-hydrogen) atoms. The van der Waals surface area contributed by atoms with Gasteiger partial charge in [-0.1, -0.05) is 91.0 Å². The number of carbonyl (C=O) groups is 1. The highest BCUT2D eigenvalue weighted by atomic mass is 16.2. The molecule has 1 aliphatic rings. The molecule has 1 heterocycles. The van der Waals surface area contributed by atoms with Crippen molar-refractivity contribution in [1.82, 2.24) is 4.90 Å². The van der Waals surface area contributed by atoms with Gasteiger partial charge in [-0.05, 0) is 17.2 Å². The Bertz CT molecular complexity index is 1010. The molecule has 0 saturated carbocycles. The second kappa shape index (κ2) is 8.70. The lowest BCUT2D eigenvalue weighted by atomic mass is 10.1. The molecule has 1 fully saturated rings. The van der Waals surface area contributed by atoms with Crippen molar-refractivity contribution in [2.75, 3.05) is 7.05 Å². The lowest BCUT2D eigenvalue weighted by Gasteiger charge is -2.15. The van der Waals surface area contributed by atoms with E-state index in [0.717, 1.165) is 11.1 Å². The number of nitrogens with zero attached hydrogens (tertiary/aromatic N) is 2. The van der Waals surface area contributed by atoms with Crippen molar-refractivity contribution in [3.8, 4) is 0 Å². The topological polar surface area (TPSA) is 23.3 Å². The van der Waals surface area contributed by atoms with Crippen LogP contribution in [0.5, 0.6) is 0 Å². The Hall–Kier alpha value is -3.46. The molecule has 3 nitrogen and oxygen atoms in total. The molecule has 2 atom stereocenters. The maximum Gasteiger partial charge on any atom is 0.296 e. The van der Waals surface area contributed by atoms with Gasteiger partial charge in [0.15, 0.2) is 6.21 Å². The Labute approximate surface area is 172 Å². The highest BCUT2D eigenvalue weighted by Crippen LogP contribution is 2.30. The maximum absolute atomic E-state index is 13.2. The normalized spacial score (nSPS) is 20.7. The van der Waals surface area contributed by atoms with Crippen LogP contribution < -0.4 is 0 Å². The molecule has 0 aromatic heterocycles. The fraction of sp³-hybridized carbons (Fsp3) is 0.154. The number of carbonyl (C=O) groups excluding carboxylic acids is 1. The summed E-state index contributed by atoms with van der Waals surface area (Å²) in [6.45, 7) is 0. The van der Waals surface area contributed by atoms with Crippen molar-refractivity contribution in [2.45, 2.75) is 18.6 Å². The van der Waals surface area contributed by atoms with Gasteiger partial charge in [0.25, 0.3) is 12.1 Å². The number of benzene rings is 3. The van der Waals surface area contributed by atoms with Gasteiger partial charge in [0, 0.05) is 25.1 Å². The summed E-state index contributed by atoms with van der Waals surface area (Å²) in [5.41, 5.74) is 3.42.